The number of urea groups is 1. The third-order valence-electron chi connectivity index (χ3n) is 2.85. The Morgan fingerprint density at radius 3 is 2.24 bits per heavy atom. The maximum absolute atomic E-state index is 11.9. The minimum atomic E-state index is -0.659. The molecule has 0 aliphatic carbocycles. The first-order chi connectivity index (χ1) is 9.96. The second-order valence-corrected chi connectivity index (χ2v) is 5.03. The van der Waals surface area contributed by atoms with Crippen molar-refractivity contribution in [1.29, 1.82) is 0 Å². The molecule has 1 rings (SSSR count). The average Bonchev–Trinajstić information content (AvgIpc) is 2.46. The molecule has 0 aliphatic heterocycles. The lowest BCUT2D eigenvalue weighted by atomic mass is 10.0. The highest BCUT2D eigenvalue weighted by Gasteiger charge is 2.22. The number of methoxy groups -OCH3 is 2. The minimum absolute atomic E-state index is 0.260. The van der Waals surface area contributed by atoms with E-state index in [9.17, 15) is 9.59 Å². The first-order valence-electron chi connectivity index (χ1n) is 6.75. The molecule has 6 heteroatoms. The van der Waals surface area contributed by atoms with Gasteiger partial charge in [0, 0.05) is 5.69 Å². The molecule has 0 saturated carbocycles. The quantitative estimate of drug-likeness (QED) is 0.790. The summed E-state index contributed by atoms with van der Waals surface area (Å²) in [6.07, 6.45) is 0.517. The summed E-state index contributed by atoms with van der Waals surface area (Å²) in [7, 11) is 2.88. The van der Waals surface area contributed by atoms with Gasteiger partial charge >= 0.3 is 12.0 Å². The first-order valence-corrected chi connectivity index (χ1v) is 6.75. The van der Waals surface area contributed by atoms with E-state index in [-0.39, 0.29) is 5.92 Å². The first kappa shape index (κ1) is 16.8. The van der Waals surface area contributed by atoms with Gasteiger partial charge in [0.25, 0.3) is 0 Å². The molecule has 2 N–H and O–H groups in total. The van der Waals surface area contributed by atoms with Crippen LogP contribution in [0.5, 0.6) is 5.75 Å². The van der Waals surface area contributed by atoms with Crippen molar-refractivity contribution in [2.75, 3.05) is 19.5 Å². The highest BCUT2D eigenvalue weighted by atomic mass is 16.5. The maximum atomic E-state index is 11.9. The van der Waals surface area contributed by atoms with Crippen molar-refractivity contribution < 1.29 is 19.1 Å². The Morgan fingerprint density at radius 1 is 1.14 bits per heavy atom. The molecule has 2 amide bonds. The fraction of sp³-hybridized carbons (Fsp3) is 0.467. The van der Waals surface area contributed by atoms with Crippen LogP contribution in [0.4, 0.5) is 10.5 Å². The molecule has 0 aromatic heterocycles. The second-order valence-electron chi connectivity index (χ2n) is 5.03. The molecule has 0 aliphatic rings. The van der Waals surface area contributed by atoms with Crippen LogP contribution in [0.1, 0.15) is 20.3 Å². The van der Waals surface area contributed by atoms with E-state index in [2.05, 4.69) is 10.6 Å². The molecule has 6 nitrogen and oxygen atoms in total. The topological polar surface area (TPSA) is 76.7 Å². The number of ether oxygens (including phenoxy) is 2. The van der Waals surface area contributed by atoms with Gasteiger partial charge in [-0.25, -0.2) is 9.59 Å². The van der Waals surface area contributed by atoms with E-state index in [0.29, 0.717) is 17.9 Å². The summed E-state index contributed by atoms with van der Waals surface area (Å²) in [4.78, 5) is 23.6. The van der Waals surface area contributed by atoms with Crippen LogP contribution in [0.15, 0.2) is 24.3 Å². The Hall–Kier alpha value is -2.24. The molecule has 1 aromatic carbocycles. The number of amides is 2. The van der Waals surface area contributed by atoms with E-state index < -0.39 is 18.0 Å². The van der Waals surface area contributed by atoms with E-state index in [1.54, 1.807) is 31.4 Å². The number of carbonyl (C=O) groups is 2. The van der Waals surface area contributed by atoms with Crippen molar-refractivity contribution >= 4 is 17.7 Å². The molecule has 1 atom stereocenters. The Kier molecular flexibility index (Phi) is 6.52. The normalized spacial score (nSPS) is 11.7. The van der Waals surface area contributed by atoms with Crippen molar-refractivity contribution in [3.63, 3.8) is 0 Å². The predicted molar refractivity (Wildman–Crippen MR) is 80.4 cm³/mol. The van der Waals surface area contributed by atoms with Gasteiger partial charge in [-0.15, -0.1) is 0 Å². The number of hydrogen-bond acceptors (Lipinski definition) is 4. The summed E-state index contributed by atoms with van der Waals surface area (Å²) in [5.41, 5.74) is 0.612. The molecule has 1 aromatic rings. The zero-order valence-corrected chi connectivity index (χ0v) is 12.8. The van der Waals surface area contributed by atoms with E-state index in [1.807, 2.05) is 13.8 Å². The molecule has 0 unspecified atom stereocenters. The predicted octanol–water partition coefficient (Wildman–Crippen LogP) is 2.40. The van der Waals surface area contributed by atoms with Crippen molar-refractivity contribution in [1.82, 2.24) is 5.32 Å². The van der Waals surface area contributed by atoms with Gasteiger partial charge < -0.3 is 20.1 Å². The summed E-state index contributed by atoms with van der Waals surface area (Å²) >= 11 is 0. The molecule has 0 radical (unpaired) electrons. The van der Waals surface area contributed by atoms with Gasteiger partial charge in [0.15, 0.2) is 0 Å². The number of esters is 1. The molecule has 0 fully saturated rings. The summed E-state index contributed by atoms with van der Waals surface area (Å²) in [6, 6.07) is 5.80. The number of hydrogen-bond donors (Lipinski definition) is 2. The molecular formula is C15H22N2O4. The zero-order valence-electron chi connectivity index (χ0n) is 12.8. The van der Waals surface area contributed by atoms with Crippen molar-refractivity contribution in [3.05, 3.63) is 24.3 Å². The van der Waals surface area contributed by atoms with E-state index in [1.165, 1.54) is 7.11 Å². The van der Waals surface area contributed by atoms with Crippen LogP contribution >= 0.6 is 0 Å². The fourth-order valence-corrected chi connectivity index (χ4v) is 1.83. The maximum Gasteiger partial charge on any atom is 0.328 e. The van der Waals surface area contributed by atoms with Crippen LogP contribution in [-0.4, -0.2) is 32.3 Å². The van der Waals surface area contributed by atoms with E-state index in [4.69, 9.17) is 9.47 Å². The fourth-order valence-electron chi connectivity index (χ4n) is 1.83. The van der Waals surface area contributed by atoms with Crippen molar-refractivity contribution in [2.24, 2.45) is 5.92 Å². The van der Waals surface area contributed by atoms with Crippen LogP contribution in [-0.2, 0) is 9.53 Å². The van der Waals surface area contributed by atoms with Crippen LogP contribution in [0.2, 0.25) is 0 Å². The average molecular weight is 294 g/mol. The third kappa shape index (κ3) is 5.72. The highest BCUT2D eigenvalue weighted by Crippen LogP contribution is 2.15. The van der Waals surface area contributed by atoms with Crippen molar-refractivity contribution in [2.45, 2.75) is 26.3 Å². The Labute approximate surface area is 124 Å². The summed E-state index contributed by atoms with van der Waals surface area (Å²) in [5.74, 6) is 0.511. The Morgan fingerprint density at radius 2 is 1.76 bits per heavy atom. The number of anilines is 1. The minimum Gasteiger partial charge on any atom is -0.497 e. The van der Waals surface area contributed by atoms with Gasteiger partial charge in [0.05, 0.1) is 14.2 Å². The van der Waals surface area contributed by atoms with E-state index in [0.717, 1.165) is 0 Å². The number of nitrogens with one attached hydrogen (secondary N) is 2. The van der Waals surface area contributed by atoms with Crippen LogP contribution < -0.4 is 15.4 Å². The Bertz CT molecular complexity index is 471. The lowest BCUT2D eigenvalue weighted by molar-refractivity contribution is -0.143. The summed E-state index contributed by atoms with van der Waals surface area (Å²) < 4.78 is 9.74. The summed E-state index contributed by atoms with van der Waals surface area (Å²) in [5, 5.41) is 5.28. The van der Waals surface area contributed by atoms with Gasteiger partial charge in [-0.05, 0) is 36.6 Å². The standard InChI is InChI=1S/C15H22N2O4/c1-10(2)9-13(14(18)21-4)17-15(19)16-11-5-7-12(20-3)8-6-11/h5-8,10,13H,9H2,1-4H3,(H2,16,17,19)/t13-/m0/s1. The molecule has 0 spiro atoms. The lowest BCUT2D eigenvalue weighted by Crippen LogP contribution is -2.44. The van der Waals surface area contributed by atoms with Gasteiger partial charge in [-0.1, -0.05) is 13.8 Å². The summed E-state index contributed by atoms with van der Waals surface area (Å²) in [6.45, 7) is 3.94. The van der Waals surface area contributed by atoms with Crippen LogP contribution in [0.25, 0.3) is 0 Å². The number of rotatable bonds is 6. The van der Waals surface area contributed by atoms with Crippen molar-refractivity contribution in [3.8, 4) is 5.75 Å². The molecule has 0 saturated heterocycles. The molecule has 21 heavy (non-hydrogen) atoms. The zero-order chi connectivity index (χ0) is 15.8. The smallest absolute Gasteiger partial charge is 0.328 e. The molecule has 116 valence electrons. The van der Waals surface area contributed by atoms with Gasteiger partial charge in [0.2, 0.25) is 0 Å². The monoisotopic (exact) mass is 294 g/mol. The SMILES string of the molecule is COC(=O)[C@H](CC(C)C)NC(=O)Nc1ccc(OC)cc1. The largest absolute Gasteiger partial charge is 0.497 e. The van der Waals surface area contributed by atoms with Gasteiger partial charge in [0.1, 0.15) is 11.8 Å². The van der Waals surface area contributed by atoms with Gasteiger partial charge in [-0.3, -0.25) is 0 Å². The number of carbonyl (C=O) groups excluding carboxylic acids is 2. The Balaban J connectivity index is 2.61. The number of benzene rings is 1. The van der Waals surface area contributed by atoms with Gasteiger partial charge in [-0.2, -0.15) is 0 Å². The third-order valence-corrected chi connectivity index (χ3v) is 2.85. The van der Waals surface area contributed by atoms with Crippen LogP contribution in [0, 0.1) is 5.92 Å². The van der Waals surface area contributed by atoms with E-state index >= 15 is 0 Å². The second kappa shape index (κ2) is 8.14. The van der Waals surface area contributed by atoms with Crippen LogP contribution in [0.3, 0.4) is 0 Å². The molecule has 0 bridgehead atoms. The molecular weight excluding hydrogens is 272 g/mol. The lowest BCUT2D eigenvalue weighted by Gasteiger charge is -2.18. The highest BCUT2D eigenvalue weighted by molar-refractivity contribution is 5.92. The molecule has 0 heterocycles.